The van der Waals surface area contributed by atoms with Crippen molar-refractivity contribution in [1.82, 2.24) is 14.7 Å². The Morgan fingerprint density at radius 1 is 1.00 bits per heavy atom. The van der Waals surface area contributed by atoms with E-state index in [1.807, 2.05) is 12.1 Å². The quantitative estimate of drug-likeness (QED) is 0.412. The number of amides is 1. The fourth-order valence-corrected chi connectivity index (χ4v) is 6.13. The first-order valence-corrected chi connectivity index (χ1v) is 13.6. The van der Waals surface area contributed by atoms with Crippen molar-refractivity contribution in [2.45, 2.75) is 24.3 Å². The second-order valence-electron chi connectivity index (χ2n) is 9.18. The molecule has 0 spiro atoms. The summed E-state index contributed by atoms with van der Waals surface area (Å²) >= 11 is 0. The highest BCUT2D eigenvalue weighted by molar-refractivity contribution is 7.89. The van der Waals surface area contributed by atoms with Gasteiger partial charge in [0.1, 0.15) is 0 Å². The summed E-state index contributed by atoms with van der Waals surface area (Å²) in [4.78, 5) is 16.6. The normalized spacial score (nSPS) is 18.5. The summed E-state index contributed by atoms with van der Waals surface area (Å²) in [6.07, 6.45) is 1.78. The summed E-state index contributed by atoms with van der Waals surface area (Å²) in [6.45, 7) is 7.17. The highest BCUT2D eigenvalue weighted by Gasteiger charge is 2.27. The van der Waals surface area contributed by atoms with E-state index in [0.717, 1.165) is 43.9 Å². The third-order valence-electron chi connectivity index (χ3n) is 6.97. The summed E-state index contributed by atoms with van der Waals surface area (Å²) in [7, 11) is -1.94. The van der Waals surface area contributed by atoms with E-state index in [1.54, 1.807) is 24.7 Å². The minimum absolute atomic E-state index is 0.0911. The molecule has 0 aliphatic carbocycles. The number of hydroxylamine groups is 1. The topological polar surface area (TPSA) is 102 Å². The van der Waals surface area contributed by atoms with Gasteiger partial charge in [-0.2, -0.15) is 4.31 Å². The van der Waals surface area contributed by atoms with E-state index in [4.69, 9.17) is 9.94 Å². The number of methoxy groups -OCH3 is 1. The SMILES string of the molecule is COCC(C)N1CCN(c2ccc(-c3ccc(S(=O)(=O)N4CC=C(C(=O)NO)CC4)cc3)cc2)CC1. The van der Waals surface area contributed by atoms with Crippen LogP contribution in [0.15, 0.2) is 65.1 Å². The molecule has 2 aromatic rings. The molecule has 1 fully saturated rings. The zero-order valence-electron chi connectivity index (χ0n) is 20.8. The molecule has 0 radical (unpaired) electrons. The molecule has 1 amide bonds. The Balaban J connectivity index is 1.38. The van der Waals surface area contributed by atoms with E-state index in [2.05, 4.69) is 41.0 Å². The molecule has 2 aromatic carbocycles. The first-order chi connectivity index (χ1) is 17.3. The highest BCUT2D eigenvalue weighted by Crippen LogP contribution is 2.27. The van der Waals surface area contributed by atoms with Gasteiger partial charge in [0.25, 0.3) is 5.91 Å². The lowest BCUT2D eigenvalue weighted by atomic mass is 10.1. The number of carbonyl (C=O) groups excluding carboxylic acids is 1. The molecule has 2 heterocycles. The number of carbonyl (C=O) groups is 1. The molecular weight excluding hydrogens is 480 g/mol. The van der Waals surface area contributed by atoms with Gasteiger partial charge in [0.15, 0.2) is 0 Å². The molecule has 2 N–H and O–H groups in total. The Kier molecular flexibility index (Phi) is 8.43. The summed E-state index contributed by atoms with van der Waals surface area (Å²) in [5, 5.41) is 8.76. The first-order valence-electron chi connectivity index (χ1n) is 12.2. The molecule has 0 saturated carbocycles. The summed E-state index contributed by atoms with van der Waals surface area (Å²) in [6, 6.07) is 15.7. The average molecular weight is 515 g/mol. The van der Waals surface area contributed by atoms with Crippen LogP contribution in [0.1, 0.15) is 13.3 Å². The zero-order valence-corrected chi connectivity index (χ0v) is 21.6. The Morgan fingerprint density at radius 3 is 2.14 bits per heavy atom. The molecule has 36 heavy (non-hydrogen) atoms. The van der Waals surface area contributed by atoms with Crippen LogP contribution in [0.2, 0.25) is 0 Å². The molecule has 10 heteroatoms. The van der Waals surface area contributed by atoms with Crippen molar-refractivity contribution in [3.63, 3.8) is 0 Å². The minimum Gasteiger partial charge on any atom is -0.383 e. The van der Waals surface area contributed by atoms with Crippen LogP contribution >= 0.6 is 0 Å². The van der Waals surface area contributed by atoms with Crippen LogP contribution in [0.3, 0.4) is 0 Å². The maximum atomic E-state index is 13.0. The van der Waals surface area contributed by atoms with Gasteiger partial charge in [-0.1, -0.05) is 30.3 Å². The van der Waals surface area contributed by atoms with Gasteiger partial charge in [-0.15, -0.1) is 0 Å². The standard InChI is InChI=1S/C26H34N4O5S/c1-20(19-35-2)28-15-17-29(18-16-28)24-7-3-21(4-8-24)22-5-9-25(10-6-22)36(33,34)30-13-11-23(12-14-30)26(31)27-32/h3-11,20,32H,12-19H2,1-2H3,(H,27,31). The number of rotatable bonds is 8. The third-order valence-corrected chi connectivity index (χ3v) is 8.85. The number of piperazine rings is 1. The Bertz CT molecular complexity index is 1170. The smallest absolute Gasteiger partial charge is 0.270 e. The highest BCUT2D eigenvalue weighted by atomic mass is 32.2. The van der Waals surface area contributed by atoms with E-state index in [0.29, 0.717) is 11.6 Å². The summed E-state index contributed by atoms with van der Waals surface area (Å²) < 4.78 is 32.7. The maximum absolute atomic E-state index is 13.0. The second-order valence-corrected chi connectivity index (χ2v) is 11.1. The molecule has 0 bridgehead atoms. The number of hydrogen-bond donors (Lipinski definition) is 2. The summed E-state index contributed by atoms with van der Waals surface area (Å²) in [5.74, 6) is -0.596. The summed E-state index contributed by atoms with van der Waals surface area (Å²) in [5.41, 5.74) is 5.12. The number of benzene rings is 2. The van der Waals surface area contributed by atoms with E-state index >= 15 is 0 Å². The van der Waals surface area contributed by atoms with Crippen LogP contribution in [0.5, 0.6) is 0 Å². The number of ether oxygens (including phenoxy) is 1. The first kappa shape index (κ1) is 26.3. The van der Waals surface area contributed by atoms with Crippen LogP contribution in [-0.2, 0) is 19.6 Å². The van der Waals surface area contributed by atoms with Crippen LogP contribution in [0, 0.1) is 0 Å². The Labute approximate surface area is 213 Å². The van der Waals surface area contributed by atoms with Crippen molar-refractivity contribution in [1.29, 1.82) is 0 Å². The molecule has 2 aliphatic heterocycles. The molecular formula is C26H34N4O5S. The third kappa shape index (κ3) is 5.79. The maximum Gasteiger partial charge on any atom is 0.270 e. The van der Waals surface area contributed by atoms with Gasteiger partial charge in [0, 0.05) is 63.7 Å². The van der Waals surface area contributed by atoms with Gasteiger partial charge >= 0.3 is 0 Å². The monoisotopic (exact) mass is 514 g/mol. The van der Waals surface area contributed by atoms with Gasteiger partial charge < -0.3 is 9.64 Å². The van der Waals surface area contributed by atoms with Gasteiger partial charge in [0.2, 0.25) is 10.0 Å². The lowest BCUT2D eigenvalue weighted by molar-refractivity contribution is -0.125. The van der Waals surface area contributed by atoms with Crippen LogP contribution < -0.4 is 10.4 Å². The van der Waals surface area contributed by atoms with Crippen LogP contribution in [0.4, 0.5) is 5.69 Å². The number of hydrogen-bond acceptors (Lipinski definition) is 7. The van der Waals surface area contributed by atoms with Crippen molar-refractivity contribution < 1.29 is 23.2 Å². The molecule has 2 aliphatic rings. The molecule has 1 saturated heterocycles. The molecule has 0 aromatic heterocycles. The number of sulfonamides is 1. The molecule has 9 nitrogen and oxygen atoms in total. The minimum atomic E-state index is -3.68. The Morgan fingerprint density at radius 2 is 1.61 bits per heavy atom. The molecule has 194 valence electrons. The van der Waals surface area contributed by atoms with Crippen LogP contribution in [-0.4, -0.2) is 87.8 Å². The number of nitrogens with one attached hydrogen (secondary N) is 1. The van der Waals surface area contributed by atoms with E-state index in [-0.39, 0.29) is 24.4 Å². The van der Waals surface area contributed by atoms with Crippen molar-refractivity contribution in [2.24, 2.45) is 0 Å². The molecule has 4 rings (SSSR count). The number of nitrogens with zero attached hydrogens (tertiary/aromatic N) is 3. The predicted molar refractivity (Wildman–Crippen MR) is 138 cm³/mol. The molecule has 1 atom stereocenters. The zero-order chi connectivity index (χ0) is 25.7. The fourth-order valence-electron chi connectivity index (χ4n) is 4.75. The lowest BCUT2D eigenvalue weighted by Gasteiger charge is -2.39. The van der Waals surface area contributed by atoms with Gasteiger partial charge in [-0.3, -0.25) is 14.9 Å². The Hall–Kier alpha value is -2.76. The van der Waals surface area contributed by atoms with Crippen molar-refractivity contribution >= 4 is 21.6 Å². The number of anilines is 1. The van der Waals surface area contributed by atoms with E-state index in [9.17, 15) is 13.2 Å². The van der Waals surface area contributed by atoms with Gasteiger partial charge in [-0.25, -0.2) is 13.9 Å². The van der Waals surface area contributed by atoms with Gasteiger partial charge in [0.05, 0.1) is 11.5 Å². The van der Waals surface area contributed by atoms with E-state index < -0.39 is 15.9 Å². The van der Waals surface area contributed by atoms with Crippen molar-refractivity contribution in [2.75, 3.05) is 57.9 Å². The van der Waals surface area contributed by atoms with E-state index in [1.165, 1.54) is 16.1 Å². The average Bonchev–Trinajstić information content (AvgIpc) is 2.93. The molecule has 1 unspecified atom stereocenters. The van der Waals surface area contributed by atoms with Gasteiger partial charge in [-0.05, 0) is 48.7 Å². The lowest BCUT2D eigenvalue weighted by Crippen LogP contribution is -2.50. The van der Waals surface area contributed by atoms with Crippen LogP contribution in [0.25, 0.3) is 11.1 Å². The second kappa shape index (κ2) is 11.5. The largest absolute Gasteiger partial charge is 0.383 e. The van der Waals surface area contributed by atoms with Crippen molar-refractivity contribution in [3.05, 3.63) is 60.2 Å². The fraction of sp³-hybridized carbons (Fsp3) is 0.423. The van der Waals surface area contributed by atoms with Crippen molar-refractivity contribution in [3.8, 4) is 11.1 Å². The predicted octanol–water partition coefficient (Wildman–Crippen LogP) is 2.34.